The molecule has 116 valence electrons. The van der Waals surface area contributed by atoms with Crippen molar-refractivity contribution in [2.45, 2.75) is 23.6 Å². The van der Waals surface area contributed by atoms with E-state index in [1.165, 1.54) is 0 Å². The van der Waals surface area contributed by atoms with Gasteiger partial charge in [-0.3, -0.25) is 4.79 Å². The molecule has 2 rings (SSSR count). The van der Waals surface area contributed by atoms with Gasteiger partial charge in [0.25, 0.3) is 0 Å². The summed E-state index contributed by atoms with van der Waals surface area (Å²) in [6.07, 6.45) is 0. The zero-order valence-electron chi connectivity index (χ0n) is 12.5. The van der Waals surface area contributed by atoms with E-state index in [4.69, 9.17) is 4.74 Å². The lowest BCUT2D eigenvalue weighted by atomic mass is 10.2. The zero-order chi connectivity index (χ0) is 15.9. The molecule has 0 saturated heterocycles. The summed E-state index contributed by atoms with van der Waals surface area (Å²) < 4.78 is 6.32. The van der Waals surface area contributed by atoms with Crippen LogP contribution in [0.15, 0.2) is 57.9 Å². The van der Waals surface area contributed by atoms with Crippen molar-refractivity contribution in [3.63, 3.8) is 0 Å². The van der Waals surface area contributed by atoms with E-state index in [9.17, 15) is 4.79 Å². The number of hydrogen-bond acceptors (Lipinski definition) is 3. The second-order valence-electron chi connectivity index (χ2n) is 4.74. The molecule has 3 nitrogen and oxygen atoms in total. The summed E-state index contributed by atoms with van der Waals surface area (Å²) in [7, 11) is 1.63. The number of thioether (sulfide) groups is 1. The molecule has 0 aliphatic rings. The van der Waals surface area contributed by atoms with Crippen LogP contribution < -0.4 is 10.1 Å². The van der Waals surface area contributed by atoms with E-state index in [0.29, 0.717) is 6.54 Å². The van der Waals surface area contributed by atoms with Gasteiger partial charge < -0.3 is 10.1 Å². The van der Waals surface area contributed by atoms with E-state index < -0.39 is 0 Å². The molecule has 2 aromatic rings. The maximum absolute atomic E-state index is 12.2. The van der Waals surface area contributed by atoms with Gasteiger partial charge in [-0.15, -0.1) is 11.8 Å². The van der Waals surface area contributed by atoms with Gasteiger partial charge in [0.05, 0.1) is 12.4 Å². The molecule has 1 N–H and O–H groups in total. The first-order valence-corrected chi connectivity index (χ1v) is 8.59. The molecule has 0 fully saturated rings. The molecule has 0 aromatic heterocycles. The summed E-state index contributed by atoms with van der Waals surface area (Å²) in [5.41, 5.74) is 0.971. The number of benzene rings is 2. The monoisotopic (exact) mass is 379 g/mol. The number of rotatable bonds is 6. The summed E-state index contributed by atoms with van der Waals surface area (Å²) >= 11 is 4.95. The van der Waals surface area contributed by atoms with Crippen LogP contribution in [0.3, 0.4) is 0 Å². The van der Waals surface area contributed by atoms with Gasteiger partial charge >= 0.3 is 0 Å². The van der Waals surface area contributed by atoms with Gasteiger partial charge in [-0.05, 0) is 37.3 Å². The Morgan fingerprint density at radius 3 is 2.59 bits per heavy atom. The molecule has 0 aliphatic heterocycles. The van der Waals surface area contributed by atoms with E-state index in [1.54, 1.807) is 18.9 Å². The number of carbonyl (C=O) groups excluding carboxylic acids is 1. The highest BCUT2D eigenvalue weighted by molar-refractivity contribution is 9.10. The van der Waals surface area contributed by atoms with E-state index in [0.717, 1.165) is 20.7 Å². The average Bonchev–Trinajstić information content (AvgIpc) is 2.54. The quantitative estimate of drug-likeness (QED) is 0.762. The molecule has 0 radical (unpaired) electrons. The predicted octanol–water partition coefficient (Wildman–Crippen LogP) is 4.25. The topological polar surface area (TPSA) is 38.3 Å². The molecule has 0 heterocycles. The zero-order valence-corrected chi connectivity index (χ0v) is 14.9. The lowest BCUT2D eigenvalue weighted by Gasteiger charge is -2.13. The standard InChI is InChI=1S/C17H18BrNO2S/c1-12(22-15-9-7-14(18)8-10-15)17(20)19-11-13-5-3-4-6-16(13)21-2/h3-10,12H,11H2,1-2H3,(H,19,20)/t12-/m0/s1. The van der Waals surface area contributed by atoms with Gasteiger partial charge in [0.2, 0.25) is 5.91 Å². The third-order valence-corrected chi connectivity index (χ3v) is 4.78. The Labute approximate surface area is 143 Å². The van der Waals surface area contributed by atoms with Crippen molar-refractivity contribution >= 4 is 33.6 Å². The number of hydrogen-bond donors (Lipinski definition) is 1. The molecule has 0 saturated carbocycles. The number of para-hydroxylation sites is 1. The first-order chi connectivity index (χ1) is 10.6. The summed E-state index contributed by atoms with van der Waals surface area (Å²) in [4.78, 5) is 13.3. The fraction of sp³-hybridized carbons (Fsp3) is 0.235. The maximum atomic E-state index is 12.2. The molecule has 0 aliphatic carbocycles. The fourth-order valence-electron chi connectivity index (χ4n) is 1.95. The second-order valence-corrected chi connectivity index (χ2v) is 7.07. The van der Waals surface area contributed by atoms with Crippen molar-refractivity contribution in [3.05, 3.63) is 58.6 Å². The van der Waals surface area contributed by atoms with Crippen LogP contribution in [0.4, 0.5) is 0 Å². The van der Waals surface area contributed by atoms with E-state index in [-0.39, 0.29) is 11.2 Å². The van der Waals surface area contributed by atoms with E-state index in [1.807, 2.05) is 55.5 Å². The maximum Gasteiger partial charge on any atom is 0.233 e. The normalized spacial score (nSPS) is 11.8. The first-order valence-electron chi connectivity index (χ1n) is 6.92. The number of amides is 1. The lowest BCUT2D eigenvalue weighted by Crippen LogP contribution is -2.30. The SMILES string of the molecule is COc1ccccc1CNC(=O)[C@H](C)Sc1ccc(Br)cc1. The van der Waals surface area contributed by atoms with Gasteiger partial charge in [0, 0.05) is 21.5 Å². The highest BCUT2D eigenvalue weighted by Gasteiger charge is 2.14. The number of methoxy groups -OCH3 is 1. The van der Waals surface area contributed by atoms with Crippen molar-refractivity contribution in [1.29, 1.82) is 0 Å². The molecule has 22 heavy (non-hydrogen) atoms. The molecule has 5 heteroatoms. The number of nitrogens with one attached hydrogen (secondary N) is 1. The molecule has 1 atom stereocenters. The minimum atomic E-state index is -0.157. The number of halogens is 1. The predicted molar refractivity (Wildman–Crippen MR) is 94.3 cm³/mol. The summed E-state index contributed by atoms with van der Waals surface area (Å²) in [6.45, 7) is 2.37. The van der Waals surface area contributed by atoms with Crippen molar-refractivity contribution < 1.29 is 9.53 Å². The number of ether oxygens (including phenoxy) is 1. The lowest BCUT2D eigenvalue weighted by molar-refractivity contribution is -0.120. The van der Waals surface area contributed by atoms with Gasteiger partial charge in [-0.1, -0.05) is 34.1 Å². The Hall–Kier alpha value is -1.46. The van der Waals surface area contributed by atoms with Crippen molar-refractivity contribution in [3.8, 4) is 5.75 Å². The molecule has 0 unspecified atom stereocenters. The highest BCUT2D eigenvalue weighted by Crippen LogP contribution is 2.25. The fourth-order valence-corrected chi connectivity index (χ4v) is 3.10. The molecule has 0 spiro atoms. The van der Waals surface area contributed by atoms with Crippen LogP contribution in [0, 0.1) is 0 Å². The summed E-state index contributed by atoms with van der Waals surface area (Å²) in [5, 5.41) is 2.80. The molecule has 1 amide bonds. The molecular formula is C17H18BrNO2S. The molecule has 2 aromatic carbocycles. The third kappa shape index (κ3) is 4.78. The Bertz CT molecular complexity index is 631. The second kappa shape index (κ2) is 8.25. The molecular weight excluding hydrogens is 362 g/mol. The Kier molecular flexibility index (Phi) is 6.34. The van der Waals surface area contributed by atoms with E-state index in [2.05, 4.69) is 21.2 Å². The van der Waals surface area contributed by atoms with Crippen LogP contribution in [-0.4, -0.2) is 18.3 Å². The van der Waals surface area contributed by atoms with Gasteiger partial charge in [0.15, 0.2) is 0 Å². The molecule has 0 bridgehead atoms. The Balaban J connectivity index is 1.90. The van der Waals surface area contributed by atoms with Crippen LogP contribution >= 0.6 is 27.7 Å². The highest BCUT2D eigenvalue weighted by atomic mass is 79.9. The minimum absolute atomic E-state index is 0.0128. The third-order valence-electron chi connectivity index (χ3n) is 3.14. The van der Waals surface area contributed by atoms with Crippen molar-refractivity contribution in [1.82, 2.24) is 5.32 Å². The van der Waals surface area contributed by atoms with Crippen LogP contribution in [0.5, 0.6) is 5.75 Å². The van der Waals surface area contributed by atoms with Crippen LogP contribution in [-0.2, 0) is 11.3 Å². The van der Waals surface area contributed by atoms with E-state index >= 15 is 0 Å². The minimum Gasteiger partial charge on any atom is -0.496 e. The van der Waals surface area contributed by atoms with Gasteiger partial charge in [-0.25, -0.2) is 0 Å². The largest absolute Gasteiger partial charge is 0.496 e. The van der Waals surface area contributed by atoms with Gasteiger partial charge in [0.1, 0.15) is 5.75 Å². The van der Waals surface area contributed by atoms with Crippen molar-refractivity contribution in [2.24, 2.45) is 0 Å². The Morgan fingerprint density at radius 1 is 1.23 bits per heavy atom. The van der Waals surface area contributed by atoms with Crippen LogP contribution in [0.2, 0.25) is 0 Å². The average molecular weight is 380 g/mol. The first kappa shape index (κ1) is 16.9. The summed E-state index contributed by atoms with van der Waals surface area (Å²) in [6, 6.07) is 15.6. The van der Waals surface area contributed by atoms with Crippen LogP contribution in [0.25, 0.3) is 0 Å². The Morgan fingerprint density at radius 2 is 1.91 bits per heavy atom. The van der Waals surface area contributed by atoms with Crippen LogP contribution in [0.1, 0.15) is 12.5 Å². The summed E-state index contributed by atoms with van der Waals surface area (Å²) in [5.74, 6) is 0.801. The number of carbonyl (C=O) groups is 1. The van der Waals surface area contributed by atoms with Gasteiger partial charge in [-0.2, -0.15) is 0 Å². The van der Waals surface area contributed by atoms with Crippen molar-refractivity contribution in [2.75, 3.05) is 7.11 Å². The smallest absolute Gasteiger partial charge is 0.233 e.